The summed E-state index contributed by atoms with van der Waals surface area (Å²) in [7, 11) is 14.2. The molecule has 1 atom stereocenters. The lowest BCUT2D eigenvalue weighted by Gasteiger charge is -2.30. The Kier molecular flexibility index (Phi) is 30.1. The number of carbonyl (C=O) groups is 1. The van der Waals surface area contributed by atoms with Crippen molar-refractivity contribution in [3.63, 3.8) is 0 Å². The van der Waals surface area contributed by atoms with E-state index >= 15 is 0 Å². The lowest BCUT2D eigenvalue weighted by molar-refractivity contribution is -0.118. The molecule has 0 aliphatic carbocycles. The number of primary amides is 1. The molecule has 4 N–H and O–H groups in total. The first-order valence-electron chi connectivity index (χ1n) is 43.8. The second-order valence-corrected chi connectivity index (χ2v) is 34.2. The summed E-state index contributed by atoms with van der Waals surface area (Å²) in [5.74, 6) is 6.79. The number of fused-ring (bicyclic) bond motifs is 4. The molecule has 10 aromatic heterocycles. The van der Waals surface area contributed by atoms with Gasteiger partial charge >= 0.3 is 7.60 Å². The van der Waals surface area contributed by atoms with Crippen LogP contribution in [0, 0.1) is 19.8 Å². The third kappa shape index (κ3) is 23.6. The van der Waals surface area contributed by atoms with Gasteiger partial charge < -0.3 is 73.0 Å². The summed E-state index contributed by atoms with van der Waals surface area (Å²) < 4.78 is 66.2. The highest BCUT2D eigenvalue weighted by Crippen LogP contribution is 2.42. The average Bonchev–Trinajstić information content (AvgIpc) is 0.840. The van der Waals surface area contributed by atoms with Crippen molar-refractivity contribution in [1.29, 1.82) is 0 Å². The van der Waals surface area contributed by atoms with Crippen molar-refractivity contribution < 1.29 is 57.0 Å². The second-order valence-electron chi connectivity index (χ2n) is 32.4. The molecule has 10 heterocycles. The molecular weight excluding hydrogens is 1780 g/mol. The van der Waals surface area contributed by atoms with Crippen LogP contribution >= 0.6 is 7.60 Å². The van der Waals surface area contributed by atoms with E-state index in [-0.39, 0.29) is 12.7 Å². The van der Waals surface area contributed by atoms with Crippen molar-refractivity contribution in [2.75, 3.05) is 102 Å². The van der Waals surface area contributed by atoms with E-state index in [4.69, 9.17) is 63.6 Å². The fourth-order valence-corrected chi connectivity index (χ4v) is 15.7. The molecule has 0 spiro atoms. The summed E-state index contributed by atoms with van der Waals surface area (Å²) >= 11 is 0. The normalized spacial score (nSPS) is 11.4. The molecule has 138 heavy (non-hydrogen) atoms. The first kappa shape index (κ1) is 96.0. The van der Waals surface area contributed by atoms with Crippen LogP contribution in [0.4, 0.5) is 45.5 Å². The summed E-state index contributed by atoms with van der Waals surface area (Å²) in [5.41, 5.74) is 24.8. The van der Waals surface area contributed by atoms with Gasteiger partial charge in [0, 0.05) is 213 Å². The molecule has 40 heteroatoms. The van der Waals surface area contributed by atoms with Crippen LogP contribution in [0.2, 0.25) is 0 Å². The smallest absolute Gasteiger partial charge is 0.327 e. The summed E-state index contributed by atoms with van der Waals surface area (Å²) in [4.78, 5) is 85.3. The maximum Gasteiger partial charge on any atom is 0.327 e. The first-order valence-corrected chi connectivity index (χ1v) is 45.6. The molecule has 1 unspecified atom stereocenters. The lowest BCUT2D eigenvalue weighted by Crippen LogP contribution is -2.40. The van der Waals surface area contributed by atoms with Gasteiger partial charge in [0.2, 0.25) is 5.91 Å². The highest BCUT2D eigenvalue weighted by molar-refractivity contribution is 7.51. The number of nitrogens with zero attached hydrogens (tertiary/aromatic N) is 26. The zero-order chi connectivity index (χ0) is 97.4. The van der Waals surface area contributed by atoms with Gasteiger partial charge in [0.15, 0.2) is 0 Å². The number of hydrogen-bond acceptors (Lipinski definition) is 30. The number of carbonyl (C=O) groups excluding carboxylic acids is 1. The van der Waals surface area contributed by atoms with Gasteiger partial charge in [-0.1, -0.05) is 13.8 Å². The van der Waals surface area contributed by atoms with Crippen LogP contribution in [0.25, 0.3) is 89.2 Å². The second kappa shape index (κ2) is 43.2. The first-order chi connectivity index (χ1) is 66.6. The highest BCUT2D eigenvalue weighted by Gasteiger charge is 2.27. The van der Waals surface area contributed by atoms with Crippen LogP contribution in [0.5, 0.6) is 46.0 Å². The molecule has 0 radical (unpaired) electrons. The van der Waals surface area contributed by atoms with Crippen LogP contribution in [0.1, 0.15) is 32.4 Å². The van der Waals surface area contributed by atoms with Crippen LogP contribution in [0.15, 0.2) is 233 Å². The Bertz CT molecular complexity index is 7270. The number of nitrogens with two attached hydrogens (primary N) is 1. The van der Waals surface area contributed by atoms with E-state index in [0.717, 1.165) is 108 Å². The Morgan fingerprint density at radius 3 is 1.04 bits per heavy atom. The Balaban J connectivity index is 0.000000140. The van der Waals surface area contributed by atoms with Gasteiger partial charge in [-0.3, -0.25) is 52.7 Å². The van der Waals surface area contributed by atoms with E-state index in [2.05, 4.69) is 96.3 Å². The number of rotatable bonds is 33. The summed E-state index contributed by atoms with van der Waals surface area (Å²) in [6.45, 7) is 13.4. The molecule has 1 amide bonds. The van der Waals surface area contributed by atoms with Crippen molar-refractivity contribution in [2.45, 2.75) is 60.3 Å². The van der Waals surface area contributed by atoms with Gasteiger partial charge in [-0.2, -0.15) is 30.6 Å². The Labute approximate surface area is 795 Å². The van der Waals surface area contributed by atoms with Crippen molar-refractivity contribution >= 4 is 103 Å². The number of methoxy groups -OCH3 is 8. The van der Waals surface area contributed by atoms with E-state index < -0.39 is 19.5 Å². The largest absolute Gasteiger partial charge is 0.497 e. The van der Waals surface area contributed by atoms with Gasteiger partial charge in [-0.05, 0) is 99.5 Å². The number of amides is 1. The fourth-order valence-electron chi connectivity index (χ4n) is 15.2. The van der Waals surface area contributed by atoms with Gasteiger partial charge in [0.1, 0.15) is 76.3 Å². The van der Waals surface area contributed by atoms with Gasteiger partial charge in [-0.25, -0.2) is 34.6 Å². The maximum absolute atomic E-state index is 12.2. The van der Waals surface area contributed by atoms with Crippen LogP contribution in [-0.2, 0) is 50.1 Å². The SMILES string of the molecule is COc1cc(OC)cc(N(CCP(=O)(O)O)c2ccc3ncc(-c4cnn(C)c4)nc3c2)c1.COc1cc(OC)cc(N(CCn2cnc(C)n2)c2ccc3ncc(-c4cnn(C)c4)nc3c2)c1.COc1cc(OC)cc(N(CCn2ncnc2C)c2ccc3ncc(-c4cnn(CC(C)C)c4)nc3c2)c1.COc1cc(OC)cc(N(c2ccc3ncc(-c4cnn(C)c4)nc3c2)C(C)C(N)=O)c1. The minimum atomic E-state index is -4.23. The van der Waals surface area contributed by atoms with Gasteiger partial charge in [0.05, 0.1) is 193 Å². The molecule has 0 fully saturated rings. The maximum atomic E-state index is 12.2. The Morgan fingerprint density at radius 1 is 0.384 bits per heavy atom. The topological polar surface area (TPSA) is 423 Å². The highest BCUT2D eigenvalue weighted by atomic mass is 31.2. The number of aryl methyl sites for hydroxylation is 5. The number of aromatic nitrogens is 22. The lowest BCUT2D eigenvalue weighted by atomic mass is 10.1. The molecule has 0 bridgehead atoms. The predicted octanol–water partition coefficient (Wildman–Crippen LogP) is 15.1. The molecule has 39 nitrogen and oxygen atoms in total. The number of benzene rings is 8. The van der Waals surface area contributed by atoms with E-state index in [0.29, 0.717) is 123 Å². The van der Waals surface area contributed by atoms with Gasteiger partial charge in [-0.15, -0.1) is 0 Å². The third-order valence-corrected chi connectivity index (χ3v) is 23.1. The molecule has 0 aliphatic heterocycles. The monoisotopic (exact) mass is 1880 g/mol. The van der Waals surface area contributed by atoms with E-state index in [1.807, 2.05) is 194 Å². The minimum Gasteiger partial charge on any atom is -0.497 e. The van der Waals surface area contributed by atoms with E-state index in [1.54, 1.807) is 163 Å². The molecule has 18 aromatic rings. The molecule has 0 aliphatic rings. The van der Waals surface area contributed by atoms with Crippen LogP contribution < -0.4 is 63.2 Å². The van der Waals surface area contributed by atoms with Crippen molar-refractivity contribution in [3.05, 3.63) is 244 Å². The predicted molar refractivity (Wildman–Crippen MR) is 527 cm³/mol. The standard InChI is InChI=1S/C28H32N8O2.C25H26N8O2.C23H24N6O3.C22H24N5O5P/c1-19(2)16-34-17-21(14-31-34)28-15-29-26-7-6-22(12-27(26)33-28)35(8-9-36-20(3)30-18-32-36)23-10-24(37-4)13-25(11-23)38-5;1-17-27-16-32(30-17)7-8-33(20-9-21(34-3)12-22(10-20)35-4)19-5-6-23-24(11-19)29-25(14-26-23)18-13-28-31(2)15-18;1-14(23(24)30)29(17-7-18(31-3)10-19(8-17)32-4)16-5-6-20-21(9-16)27-22(12-25-20)15-11-26-28(2)13-15;1-26-14-15(12-24-26)22-13-23-20-5-4-16(10-21(20)25-22)27(6-7-33(28,29)30)17-8-18(31-2)11-19(9-17)32-3/h6-7,10-15,17-19H,8-9,16H2,1-5H3;5-6,9-16H,7-8H2,1-4H3;5-14H,1-4H3,(H2,24,30);4-5,8-14H,6-7H2,1-3H3,(H2,28,29,30). The van der Waals surface area contributed by atoms with Crippen molar-refractivity contribution in [1.82, 2.24) is 109 Å². The van der Waals surface area contributed by atoms with Crippen molar-refractivity contribution in [3.8, 4) is 91.0 Å². The molecule has 710 valence electrons. The molecule has 0 saturated carbocycles. The summed E-state index contributed by atoms with van der Waals surface area (Å²) in [6, 6.07) is 45.0. The fraction of sp³-hybridized carbons (Fsp3) is 0.255. The number of anilines is 8. The number of hydrogen-bond donors (Lipinski definition) is 3. The molecule has 0 saturated heterocycles. The quantitative estimate of drug-likeness (QED) is 0.0322. The molecular formula is C98H106N27O12P. The zero-order valence-corrected chi connectivity index (χ0v) is 80.1. The molecule has 8 aromatic carbocycles. The van der Waals surface area contributed by atoms with Crippen LogP contribution in [-0.4, -0.2) is 213 Å². The minimum absolute atomic E-state index is 0.0713. The average molecular weight is 1890 g/mol. The third-order valence-electron chi connectivity index (χ3n) is 22.3. The van der Waals surface area contributed by atoms with Crippen LogP contribution in [0.3, 0.4) is 0 Å². The Hall–Kier alpha value is -16.5. The molecule has 18 rings (SSSR count). The Morgan fingerprint density at radius 2 is 0.725 bits per heavy atom. The summed E-state index contributed by atoms with van der Waals surface area (Å²) in [6.07, 6.45) is 24.7. The van der Waals surface area contributed by atoms with E-state index in [9.17, 15) is 19.1 Å². The number of ether oxygens (including phenoxy) is 8. The summed E-state index contributed by atoms with van der Waals surface area (Å²) in [5, 5.41) is 25.9. The zero-order valence-electron chi connectivity index (χ0n) is 79.2. The van der Waals surface area contributed by atoms with E-state index in [1.165, 1.54) is 0 Å². The van der Waals surface area contributed by atoms with Crippen molar-refractivity contribution in [2.24, 2.45) is 32.8 Å². The van der Waals surface area contributed by atoms with Gasteiger partial charge in [0.25, 0.3) is 0 Å².